The molecule has 0 fully saturated rings. The van der Waals surface area contributed by atoms with E-state index in [-0.39, 0.29) is 13.2 Å². The van der Waals surface area contributed by atoms with Crippen LogP contribution in [0.1, 0.15) is 135 Å². The minimum absolute atomic E-state index is 0.346. The lowest BCUT2D eigenvalue weighted by Gasteiger charge is -2.03. The molecule has 0 saturated carbocycles. The summed E-state index contributed by atoms with van der Waals surface area (Å²) >= 11 is 0. The molecule has 0 bridgehead atoms. The van der Waals surface area contributed by atoms with E-state index in [4.69, 9.17) is 20.4 Å². The zero-order valence-electron chi connectivity index (χ0n) is 19.8. The molecule has 0 aromatic rings. The summed E-state index contributed by atoms with van der Waals surface area (Å²) in [6.45, 7) is 1.55. The monoisotopic (exact) mass is 432 g/mol. The van der Waals surface area contributed by atoms with Gasteiger partial charge in [0, 0.05) is 6.42 Å². The van der Waals surface area contributed by atoms with Crippen LogP contribution >= 0.6 is 0 Å². The molecule has 0 radical (unpaired) electrons. The second-order valence-corrected chi connectivity index (χ2v) is 8.53. The van der Waals surface area contributed by atoms with E-state index in [0.717, 1.165) is 12.8 Å². The Morgan fingerprint density at radius 3 is 1.03 bits per heavy atom. The smallest absolute Gasteiger partial charge is 0.303 e. The first-order valence-electron chi connectivity index (χ1n) is 12.7. The number of hydrogen-bond donors (Lipinski definition) is 4. The number of aliphatic hydroxyl groups excluding tert-OH is 3. The van der Waals surface area contributed by atoms with E-state index in [9.17, 15) is 4.79 Å². The molecule has 0 unspecified atom stereocenters. The highest BCUT2D eigenvalue weighted by molar-refractivity contribution is 5.66. The first-order valence-corrected chi connectivity index (χ1v) is 12.7. The highest BCUT2D eigenvalue weighted by Crippen LogP contribution is 2.14. The van der Waals surface area contributed by atoms with Crippen LogP contribution in [0.4, 0.5) is 0 Å². The molecule has 5 heteroatoms. The van der Waals surface area contributed by atoms with Crippen molar-refractivity contribution in [2.45, 2.75) is 141 Å². The predicted octanol–water partition coefficient (Wildman–Crippen LogP) is 6.22. The van der Waals surface area contributed by atoms with Crippen LogP contribution in [-0.4, -0.2) is 45.7 Å². The van der Waals surface area contributed by atoms with Gasteiger partial charge in [-0.2, -0.15) is 0 Å². The van der Waals surface area contributed by atoms with Crippen LogP contribution in [0.2, 0.25) is 0 Å². The third-order valence-electron chi connectivity index (χ3n) is 5.42. The molecule has 30 heavy (non-hydrogen) atoms. The van der Waals surface area contributed by atoms with Gasteiger partial charge in [-0.05, 0) is 6.42 Å². The SMILES string of the molecule is CCCCCCCCCCCCCCCCCCCCCC(=O)O.OCC(O)CO. The molecule has 0 heterocycles. The minimum Gasteiger partial charge on any atom is -0.481 e. The number of rotatable bonds is 22. The molecular formula is C25H52O5. The van der Waals surface area contributed by atoms with E-state index in [1.54, 1.807) is 0 Å². The summed E-state index contributed by atoms with van der Waals surface area (Å²) in [4.78, 5) is 10.4. The van der Waals surface area contributed by atoms with E-state index >= 15 is 0 Å². The molecule has 0 rings (SSSR count). The Morgan fingerprint density at radius 2 is 0.833 bits per heavy atom. The zero-order chi connectivity index (χ0) is 22.7. The molecule has 0 aromatic carbocycles. The Labute approximate surface area is 186 Å². The fraction of sp³-hybridized carbons (Fsp3) is 0.960. The third kappa shape index (κ3) is 32.0. The second kappa shape index (κ2) is 28.4. The molecule has 0 saturated heterocycles. The summed E-state index contributed by atoms with van der Waals surface area (Å²) in [5, 5.41) is 32.6. The number of carboxylic acid groups (broad SMARTS) is 1. The Balaban J connectivity index is 0. The van der Waals surface area contributed by atoms with Gasteiger partial charge in [-0.3, -0.25) is 4.79 Å². The average Bonchev–Trinajstić information content (AvgIpc) is 2.75. The van der Waals surface area contributed by atoms with Crippen molar-refractivity contribution in [1.82, 2.24) is 0 Å². The summed E-state index contributed by atoms with van der Waals surface area (Å²) in [7, 11) is 0. The van der Waals surface area contributed by atoms with Gasteiger partial charge in [0.25, 0.3) is 0 Å². The summed E-state index contributed by atoms with van der Waals surface area (Å²) in [6, 6.07) is 0. The molecule has 0 atom stereocenters. The lowest BCUT2D eigenvalue weighted by molar-refractivity contribution is -0.137. The highest BCUT2D eigenvalue weighted by atomic mass is 16.4. The zero-order valence-corrected chi connectivity index (χ0v) is 19.8. The highest BCUT2D eigenvalue weighted by Gasteiger charge is 1.97. The second-order valence-electron chi connectivity index (χ2n) is 8.53. The van der Waals surface area contributed by atoms with Gasteiger partial charge >= 0.3 is 5.97 Å². The fourth-order valence-electron chi connectivity index (χ4n) is 3.41. The van der Waals surface area contributed by atoms with E-state index in [1.165, 1.54) is 109 Å². The van der Waals surface area contributed by atoms with Crippen LogP contribution in [0.25, 0.3) is 0 Å². The standard InChI is InChI=1S/C22H44O2.C3H8O3/c1-2-3-4-5-6-7-8-9-10-11-12-13-14-15-16-17-18-19-20-21-22(23)24;4-1-3(6)2-5/h2-21H2,1H3,(H,23,24);3-6H,1-2H2. The van der Waals surface area contributed by atoms with Crippen LogP contribution in [0.15, 0.2) is 0 Å². The lowest BCUT2D eigenvalue weighted by Crippen LogP contribution is -2.15. The minimum atomic E-state index is -0.954. The summed E-state index contributed by atoms with van der Waals surface area (Å²) in [5.74, 6) is -0.651. The maximum atomic E-state index is 10.4. The van der Waals surface area contributed by atoms with Gasteiger partial charge in [-0.1, -0.05) is 122 Å². The molecule has 182 valence electrons. The van der Waals surface area contributed by atoms with Crippen molar-refractivity contribution in [3.8, 4) is 0 Å². The Morgan fingerprint density at radius 1 is 0.567 bits per heavy atom. The van der Waals surface area contributed by atoms with Gasteiger partial charge in [0.15, 0.2) is 0 Å². The molecule has 5 nitrogen and oxygen atoms in total. The van der Waals surface area contributed by atoms with Crippen molar-refractivity contribution in [3.63, 3.8) is 0 Å². The summed E-state index contributed by atoms with van der Waals surface area (Å²) in [6.07, 6.45) is 25.1. The summed E-state index contributed by atoms with van der Waals surface area (Å²) in [5.41, 5.74) is 0. The van der Waals surface area contributed by atoms with Gasteiger partial charge in [0.2, 0.25) is 0 Å². The predicted molar refractivity (Wildman–Crippen MR) is 126 cm³/mol. The number of unbranched alkanes of at least 4 members (excludes halogenated alkanes) is 18. The topological polar surface area (TPSA) is 98.0 Å². The van der Waals surface area contributed by atoms with Gasteiger partial charge in [0.05, 0.1) is 13.2 Å². The molecule has 0 amide bonds. The summed E-state index contributed by atoms with van der Waals surface area (Å²) < 4.78 is 0. The van der Waals surface area contributed by atoms with E-state index < -0.39 is 12.1 Å². The Bertz CT molecular complexity index is 319. The van der Waals surface area contributed by atoms with Crippen molar-refractivity contribution >= 4 is 5.97 Å². The lowest BCUT2D eigenvalue weighted by atomic mass is 10.0. The normalized spacial score (nSPS) is 10.8. The maximum absolute atomic E-state index is 10.4. The fourth-order valence-corrected chi connectivity index (χ4v) is 3.41. The Hall–Kier alpha value is -0.650. The van der Waals surface area contributed by atoms with Crippen LogP contribution < -0.4 is 0 Å². The van der Waals surface area contributed by atoms with Gasteiger partial charge < -0.3 is 20.4 Å². The van der Waals surface area contributed by atoms with E-state index in [0.29, 0.717) is 6.42 Å². The number of aliphatic hydroxyl groups is 3. The molecule has 0 spiro atoms. The van der Waals surface area contributed by atoms with Crippen LogP contribution in [0.3, 0.4) is 0 Å². The average molecular weight is 433 g/mol. The Kier molecular flexibility index (Phi) is 29.8. The molecule has 0 aromatic heterocycles. The first kappa shape index (κ1) is 31.5. The molecule has 0 aliphatic heterocycles. The van der Waals surface area contributed by atoms with Crippen LogP contribution in [-0.2, 0) is 4.79 Å². The molecule has 0 aliphatic carbocycles. The number of hydrogen-bond acceptors (Lipinski definition) is 4. The third-order valence-corrected chi connectivity index (χ3v) is 5.42. The number of aliphatic carboxylic acids is 1. The molecule has 0 aliphatic rings. The van der Waals surface area contributed by atoms with E-state index in [1.807, 2.05) is 0 Å². The largest absolute Gasteiger partial charge is 0.481 e. The van der Waals surface area contributed by atoms with Crippen LogP contribution in [0.5, 0.6) is 0 Å². The van der Waals surface area contributed by atoms with Crippen LogP contribution in [0, 0.1) is 0 Å². The maximum Gasteiger partial charge on any atom is 0.303 e. The molecule has 4 N–H and O–H groups in total. The van der Waals surface area contributed by atoms with Crippen molar-refractivity contribution in [2.24, 2.45) is 0 Å². The van der Waals surface area contributed by atoms with Crippen molar-refractivity contribution in [2.75, 3.05) is 13.2 Å². The van der Waals surface area contributed by atoms with E-state index in [2.05, 4.69) is 6.92 Å². The quantitative estimate of drug-likeness (QED) is 0.152. The van der Waals surface area contributed by atoms with Crippen molar-refractivity contribution < 1.29 is 25.2 Å². The molecular weight excluding hydrogens is 380 g/mol. The van der Waals surface area contributed by atoms with Crippen molar-refractivity contribution in [3.05, 3.63) is 0 Å². The first-order chi connectivity index (χ1) is 14.6. The van der Waals surface area contributed by atoms with Crippen molar-refractivity contribution in [1.29, 1.82) is 0 Å². The number of carbonyl (C=O) groups is 1. The number of carboxylic acids is 1. The van der Waals surface area contributed by atoms with Gasteiger partial charge in [-0.15, -0.1) is 0 Å². The van der Waals surface area contributed by atoms with Gasteiger partial charge in [0.1, 0.15) is 6.10 Å². The van der Waals surface area contributed by atoms with Gasteiger partial charge in [-0.25, -0.2) is 0 Å².